The van der Waals surface area contributed by atoms with Gasteiger partial charge in [0, 0.05) is 6.20 Å². The zero-order chi connectivity index (χ0) is 15.7. The fourth-order valence-electron chi connectivity index (χ4n) is 2.11. The molecule has 1 aromatic carbocycles. The van der Waals surface area contributed by atoms with Crippen molar-refractivity contribution in [1.82, 2.24) is 9.38 Å². The zero-order valence-corrected chi connectivity index (χ0v) is 12.8. The van der Waals surface area contributed by atoms with E-state index >= 15 is 0 Å². The smallest absolute Gasteiger partial charge is 0.265 e. The average Bonchev–Trinajstić information content (AvgIpc) is 2.51. The van der Waals surface area contributed by atoms with E-state index in [0.29, 0.717) is 21.4 Å². The Morgan fingerprint density at radius 2 is 1.83 bits per heavy atom. The summed E-state index contributed by atoms with van der Waals surface area (Å²) in [6, 6.07) is 10.2. The molecule has 0 bridgehead atoms. The summed E-state index contributed by atoms with van der Waals surface area (Å²) >= 11 is 12.2. The van der Waals surface area contributed by atoms with Gasteiger partial charge in [0.2, 0.25) is 0 Å². The summed E-state index contributed by atoms with van der Waals surface area (Å²) in [5.41, 5.74) is 0.682. The second-order valence-corrected chi connectivity index (χ2v) is 5.37. The van der Waals surface area contributed by atoms with Crippen LogP contribution >= 0.6 is 23.2 Å². The molecule has 0 aliphatic heterocycles. The lowest BCUT2D eigenvalue weighted by atomic mass is 10.2. The van der Waals surface area contributed by atoms with Crippen molar-refractivity contribution >= 4 is 40.4 Å². The highest BCUT2D eigenvalue weighted by atomic mass is 35.5. The molecule has 2 N–H and O–H groups in total. The van der Waals surface area contributed by atoms with E-state index in [2.05, 4.69) is 10.3 Å². The van der Waals surface area contributed by atoms with Gasteiger partial charge >= 0.3 is 0 Å². The number of rotatable bonds is 3. The van der Waals surface area contributed by atoms with Gasteiger partial charge < -0.3 is 10.4 Å². The highest BCUT2D eigenvalue weighted by Crippen LogP contribution is 2.32. The van der Waals surface area contributed by atoms with Gasteiger partial charge in [0.25, 0.3) is 5.56 Å². The number of aromatic nitrogens is 2. The summed E-state index contributed by atoms with van der Waals surface area (Å²) in [5.74, 6) is 0.230. The maximum absolute atomic E-state index is 12.4. The van der Waals surface area contributed by atoms with Crippen LogP contribution in [0.15, 0.2) is 47.4 Å². The van der Waals surface area contributed by atoms with E-state index in [1.54, 1.807) is 42.6 Å². The van der Waals surface area contributed by atoms with E-state index in [4.69, 9.17) is 23.2 Å². The molecule has 0 amide bonds. The molecule has 0 fully saturated rings. The zero-order valence-electron chi connectivity index (χ0n) is 11.3. The minimum Gasteiger partial charge on any atom is -0.391 e. The molecule has 0 saturated carbocycles. The van der Waals surface area contributed by atoms with Crippen molar-refractivity contribution in [2.45, 2.75) is 14.0 Å². The molecule has 3 rings (SSSR count). The number of nitrogens with zero attached hydrogens (tertiary/aromatic N) is 2. The average molecular weight is 352 g/mol. The third kappa shape index (κ3) is 3.17. The first kappa shape index (κ1) is 17.3. The van der Waals surface area contributed by atoms with Crippen LogP contribution in [0.4, 0.5) is 11.5 Å². The lowest BCUT2D eigenvalue weighted by Crippen LogP contribution is -2.21. The Morgan fingerprint density at radius 3 is 2.48 bits per heavy atom. The van der Waals surface area contributed by atoms with Crippen molar-refractivity contribution < 1.29 is 5.11 Å². The van der Waals surface area contributed by atoms with Gasteiger partial charge in [0.15, 0.2) is 0 Å². The van der Waals surface area contributed by atoms with Crippen molar-refractivity contribution in [3.63, 3.8) is 0 Å². The number of benzene rings is 1. The molecule has 0 aliphatic rings. The molecular formula is C16H15Cl2N3O2. The van der Waals surface area contributed by atoms with Gasteiger partial charge in [-0.15, -0.1) is 0 Å². The summed E-state index contributed by atoms with van der Waals surface area (Å²) in [7, 11) is 0. The van der Waals surface area contributed by atoms with E-state index in [9.17, 15) is 9.90 Å². The number of halogens is 2. The second kappa shape index (κ2) is 7.00. The number of hydrogen-bond acceptors (Lipinski definition) is 4. The van der Waals surface area contributed by atoms with Crippen molar-refractivity contribution in [3.8, 4) is 0 Å². The lowest BCUT2D eigenvalue weighted by molar-refractivity contribution is 0.280. The minimum atomic E-state index is -0.450. The van der Waals surface area contributed by atoms with Crippen molar-refractivity contribution in [2.75, 3.05) is 5.32 Å². The molecule has 23 heavy (non-hydrogen) atoms. The summed E-state index contributed by atoms with van der Waals surface area (Å²) in [6.07, 6.45) is 1.59. The third-order valence-corrected chi connectivity index (χ3v) is 3.82. The number of aliphatic hydroxyl groups is 1. The number of hydrogen-bond donors (Lipinski definition) is 2. The SMILES string of the molecule is C.O=c1c(CO)c(Nc2c(Cl)cccc2Cl)nc2ccccn12. The molecular weight excluding hydrogens is 337 g/mol. The highest BCUT2D eigenvalue weighted by molar-refractivity contribution is 6.39. The van der Waals surface area contributed by atoms with Gasteiger partial charge in [0.05, 0.1) is 27.9 Å². The van der Waals surface area contributed by atoms with Gasteiger partial charge in [-0.3, -0.25) is 9.20 Å². The summed E-state index contributed by atoms with van der Waals surface area (Å²) in [4.78, 5) is 16.8. The fourth-order valence-corrected chi connectivity index (χ4v) is 2.60. The molecule has 0 saturated heterocycles. The Kier molecular flexibility index (Phi) is 5.26. The second-order valence-electron chi connectivity index (χ2n) is 4.55. The molecule has 0 atom stereocenters. The Labute approximate surface area is 143 Å². The largest absolute Gasteiger partial charge is 0.391 e. The number of nitrogens with one attached hydrogen (secondary N) is 1. The van der Waals surface area contributed by atoms with Crippen molar-refractivity contribution in [2.24, 2.45) is 0 Å². The van der Waals surface area contributed by atoms with Crippen LogP contribution in [-0.2, 0) is 6.61 Å². The molecule has 120 valence electrons. The maximum atomic E-state index is 12.4. The van der Waals surface area contributed by atoms with Crippen LogP contribution in [0.2, 0.25) is 10.0 Å². The highest BCUT2D eigenvalue weighted by Gasteiger charge is 2.14. The van der Waals surface area contributed by atoms with Crippen molar-refractivity contribution in [3.05, 3.63) is 68.6 Å². The molecule has 0 spiro atoms. The van der Waals surface area contributed by atoms with Crippen LogP contribution in [-0.4, -0.2) is 14.5 Å². The maximum Gasteiger partial charge on any atom is 0.265 e. The molecule has 0 radical (unpaired) electrons. The standard InChI is InChI=1S/C15H11Cl2N3O2.CH4/c16-10-4-3-5-11(17)13(10)19-14-9(8-21)15(22)20-7-2-1-6-12(20)18-14;/h1-7,19,21H,8H2;1H4. The summed E-state index contributed by atoms with van der Waals surface area (Å²) in [6.45, 7) is -0.450. The number of aliphatic hydroxyl groups excluding tert-OH is 1. The Hall–Kier alpha value is -2.08. The molecule has 2 heterocycles. The predicted molar refractivity (Wildman–Crippen MR) is 93.9 cm³/mol. The topological polar surface area (TPSA) is 66.6 Å². The van der Waals surface area contributed by atoms with Gasteiger partial charge in [-0.1, -0.05) is 42.8 Å². The Morgan fingerprint density at radius 1 is 1.13 bits per heavy atom. The van der Waals surface area contributed by atoms with E-state index in [-0.39, 0.29) is 24.4 Å². The quantitative estimate of drug-likeness (QED) is 0.751. The summed E-state index contributed by atoms with van der Waals surface area (Å²) < 4.78 is 1.37. The van der Waals surface area contributed by atoms with Crippen LogP contribution in [0.3, 0.4) is 0 Å². The molecule has 2 aromatic heterocycles. The molecule has 3 aromatic rings. The van der Waals surface area contributed by atoms with Crippen molar-refractivity contribution in [1.29, 1.82) is 0 Å². The molecule has 5 nitrogen and oxygen atoms in total. The molecule has 0 unspecified atom stereocenters. The van der Waals surface area contributed by atoms with Gasteiger partial charge in [-0.05, 0) is 24.3 Å². The lowest BCUT2D eigenvalue weighted by Gasteiger charge is -2.13. The number of fused-ring (bicyclic) bond motifs is 1. The van der Waals surface area contributed by atoms with E-state index in [1.807, 2.05) is 0 Å². The number of pyridine rings is 1. The van der Waals surface area contributed by atoms with Gasteiger partial charge in [-0.25, -0.2) is 4.98 Å². The first-order valence-electron chi connectivity index (χ1n) is 6.44. The number of para-hydroxylation sites is 1. The van der Waals surface area contributed by atoms with Gasteiger partial charge in [-0.2, -0.15) is 0 Å². The third-order valence-electron chi connectivity index (χ3n) is 3.19. The molecule has 7 heteroatoms. The molecule has 0 aliphatic carbocycles. The predicted octanol–water partition coefficient (Wildman–Crippen LogP) is 3.87. The Balaban J connectivity index is 0.00000192. The first-order chi connectivity index (χ1) is 10.6. The Bertz CT molecular complexity index is 889. The van der Waals surface area contributed by atoms with E-state index < -0.39 is 6.61 Å². The monoisotopic (exact) mass is 351 g/mol. The van der Waals surface area contributed by atoms with Gasteiger partial charge in [0.1, 0.15) is 11.5 Å². The van der Waals surface area contributed by atoms with Crippen LogP contribution in [0.25, 0.3) is 5.65 Å². The van der Waals surface area contributed by atoms with Crippen LogP contribution < -0.4 is 10.9 Å². The van der Waals surface area contributed by atoms with Crippen LogP contribution in [0.5, 0.6) is 0 Å². The summed E-state index contributed by atoms with van der Waals surface area (Å²) in [5, 5.41) is 13.3. The fraction of sp³-hybridized carbons (Fsp3) is 0.125. The van der Waals surface area contributed by atoms with E-state index in [0.717, 1.165) is 0 Å². The normalized spacial score (nSPS) is 10.4. The number of anilines is 2. The van der Waals surface area contributed by atoms with Crippen LogP contribution in [0, 0.1) is 0 Å². The van der Waals surface area contributed by atoms with E-state index in [1.165, 1.54) is 4.40 Å². The minimum absolute atomic E-state index is 0. The first-order valence-corrected chi connectivity index (χ1v) is 7.19. The van der Waals surface area contributed by atoms with Crippen LogP contribution in [0.1, 0.15) is 13.0 Å².